The normalized spacial score (nSPS) is 16.5. The van der Waals surface area contributed by atoms with E-state index < -0.39 is 0 Å². The molecule has 1 aliphatic heterocycles. The summed E-state index contributed by atoms with van der Waals surface area (Å²) in [5, 5.41) is 4.23. The van der Waals surface area contributed by atoms with Crippen LogP contribution in [0.15, 0.2) is 104 Å². The van der Waals surface area contributed by atoms with Gasteiger partial charge in [0.15, 0.2) is 5.11 Å². The van der Waals surface area contributed by atoms with Crippen molar-refractivity contribution in [1.82, 2.24) is 19.9 Å². The van der Waals surface area contributed by atoms with Crippen LogP contribution >= 0.6 is 12.2 Å². The Bertz CT molecular complexity index is 1640. The predicted molar refractivity (Wildman–Crippen MR) is 165 cm³/mol. The quantitative estimate of drug-likeness (QED) is 0.206. The predicted octanol–water partition coefficient (Wildman–Crippen LogP) is 6.92. The van der Waals surface area contributed by atoms with Crippen LogP contribution in [0.3, 0.4) is 0 Å². The molecule has 1 fully saturated rings. The minimum absolute atomic E-state index is 0.0976. The summed E-state index contributed by atoms with van der Waals surface area (Å²) in [5.41, 5.74) is 6.65. The molecule has 1 saturated heterocycles. The number of rotatable bonds is 8. The number of hydrogen-bond donors (Lipinski definition) is 1. The van der Waals surface area contributed by atoms with Crippen LogP contribution in [0.1, 0.15) is 40.3 Å². The zero-order chi connectivity index (χ0) is 28.3. The molecule has 0 amide bonds. The maximum absolute atomic E-state index is 6.08. The van der Waals surface area contributed by atoms with Gasteiger partial charge in [-0.15, -0.1) is 0 Å². The molecule has 206 valence electrons. The summed E-state index contributed by atoms with van der Waals surface area (Å²) in [4.78, 5) is 11.2. The molecule has 1 N–H and O–H groups in total. The Labute approximate surface area is 245 Å². The van der Waals surface area contributed by atoms with Gasteiger partial charge in [-0.2, -0.15) is 0 Å². The SMILES string of the molecule is COc1ccc(Oc2ccc(N3C(=S)N[C@@H](c4ccccn4)[C@@H]3c3cc(C)n(Cc4cccnc4)c3C)cc2)cc1. The van der Waals surface area contributed by atoms with Crippen molar-refractivity contribution in [2.24, 2.45) is 0 Å². The molecule has 8 heteroatoms. The molecule has 0 spiro atoms. The summed E-state index contributed by atoms with van der Waals surface area (Å²) in [6.45, 7) is 5.08. The van der Waals surface area contributed by atoms with Gasteiger partial charge in [0.05, 0.1) is 24.9 Å². The van der Waals surface area contributed by atoms with Crippen molar-refractivity contribution in [1.29, 1.82) is 0 Å². The fraction of sp³-hybridized carbons (Fsp3) is 0.182. The van der Waals surface area contributed by atoms with E-state index in [1.165, 1.54) is 17.0 Å². The maximum atomic E-state index is 6.08. The number of hydrogen-bond acceptors (Lipinski definition) is 5. The van der Waals surface area contributed by atoms with Gasteiger partial charge in [-0.3, -0.25) is 9.97 Å². The van der Waals surface area contributed by atoms with Crippen molar-refractivity contribution in [2.45, 2.75) is 32.5 Å². The highest BCUT2D eigenvalue weighted by molar-refractivity contribution is 7.80. The average Bonchev–Trinajstić information content (AvgIpc) is 3.49. The molecule has 0 aliphatic carbocycles. The first-order valence-corrected chi connectivity index (χ1v) is 13.9. The minimum atomic E-state index is -0.119. The number of anilines is 1. The highest BCUT2D eigenvalue weighted by Crippen LogP contribution is 2.43. The summed E-state index contributed by atoms with van der Waals surface area (Å²) in [6, 6.07) is 27.7. The molecule has 3 aromatic heterocycles. The van der Waals surface area contributed by atoms with E-state index in [1.54, 1.807) is 13.3 Å². The van der Waals surface area contributed by atoms with Crippen molar-refractivity contribution in [3.05, 3.63) is 132 Å². The van der Waals surface area contributed by atoms with Gasteiger partial charge in [-0.1, -0.05) is 12.1 Å². The largest absolute Gasteiger partial charge is 0.497 e. The summed E-state index contributed by atoms with van der Waals surface area (Å²) in [7, 11) is 1.65. The Balaban J connectivity index is 1.35. The van der Waals surface area contributed by atoms with E-state index in [0.717, 1.165) is 40.7 Å². The number of pyridine rings is 2. The molecular formula is C33H31N5O2S. The lowest BCUT2D eigenvalue weighted by molar-refractivity contribution is 0.413. The zero-order valence-electron chi connectivity index (χ0n) is 23.2. The number of thiocarbonyl (C=S) groups is 1. The monoisotopic (exact) mass is 561 g/mol. The number of nitrogens with zero attached hydrogens (tertiary/aromatic N) is 4. The van der Waals surface area contributed by atoms with Crippen molar-refractivity contribution in [2.75, 3.05) is 12.0 Å². The number of ether oxygens (including phenoxy) is 2. The summed E-state index contributed by atoms with van der Waals surface area (Å²) in [5.74, 6) is 2.27. The highest BCUT2D eigenvalue weighted by Gasteiger charge is 2.42. The van der Waals surface area contributed by atoms with Crippen LogP contribution in [0.4, 0.5) is 5.69 Å². The first-order valence-electron chi connectivity index (χ1n) is 13.5. The maximum Gasteiger partial charge on any atom is 0.174 e. The Morgan fingerprint density at radius 1 is 0.878 bits per heavy atom. The Morgan fingerprint density at radius 2 is 1.61 bits per heavy atom. The highest BCUT2D eigenvalue weighted by atomic mass is 32.1. The number of benzene rings is 2. The van der Waals surface area contributed by atoms with Gasteiger partial charge in [0.1, 0.15) is 17.2 Å². The first kappa shape index (κ1) is 26.5. The van der Waals surface area contributed by atoms with Crippen LogP contribution in [0.25, 0.3) is 0 Å². The van der Waals surface area contributed by atoms with Gasteiger partial charge in [0.2, 0.25) is 0 Å². The van der Waals surface area contributed by atoms with Crippen LogP contribution in [0.5, 0.6) is 17.2 Å². The molecule has 2 atom stereocenters. The van der Waals surface area contributed by atoms with Gasteiger partial charge >= 0.3 is 0 Å². The van der Waals surface area contributed by atoms with Crippen molar-refractivity contribution in [3.8, 4) is 17.2 Å². The number of nitrogens with one attached hydrogen (secondary N) is 1. The minimum Gasteiger partial charge on any atom is -0.497 e. The molecule has 41 heavy (non-hydrogen) atoms. The zero-order valence-corrected chi connectivity index (χ0v) is 24.0. The van der Waals surface area contributed by atoms with Crippen LogP contribution in [0, 0.1) is 13.8 Å². The Kier molecular flexibility index (Phi) is 7.39. The standard InChI is InChI=1S/C33H31N5O2S/c1-22-19-29(23(2)37(22)21-24-7-6-17-34-20-24)32-31(30-8-4-5-18-35-30)36-33(41)38(32)25-9-11-27(12-10-25)40-28-15-13-26(39-3)14-16-28/h4-20,31-32H,21H2,1-3H3,(H,36,41)/t31-,32-/m0/s1. The average molecular weight is 562 g/mol. The van der Waals surface area contributed by atoms with Crippen LogP contribution in [-0.4, -0.2) is 26.8 Å². The molecule has 0 radical (unpaired) electrons. The van der Waals surface area contributed by atoms with Gasteiger partial charge in [0, 0.05) is 42.2 Å². The number of methoxy groups -OCH3 is 1. The van der Waals surface area contributed by atoms with Crippen LogP contribution in [0.2, 0.25) is 0 Å². The van der Waals surface area contributed by atoms with Gasteiger partial charge < -0.3 is 24.3 Å². The molecule has 5 aromatic rings. The van der Waals surface area contributed by atoms with Crippen LogP contribution < -0.4 is 19.7 Å². The third-order valence-corrected chi connectivity index (χ3v) is 7.82. The van der Waals surface area contributed by atoms with Gasteiger partial charge in [-0.25, -0.2) is 0 Å². The molecule has 2 aromatic carbocycles. The smallest absolute Gasteiger partial charge is 0.174 e. The first-order chi connectivity index (χ1) is 20.0. The van der Waals surface area contributed by atoms with Gasteiger partial charge in [0.25, 0.3) is 0 Å². The molecule has 6 rings (SSSR count). The van der Waals surface area contributed by atoms with E-state index >= 15 is 0 Å². The molecule has 4 heterocycles. The Hall–Kier alpha value is -4.69. The fourth-order valence-corrected chi connectivity index (χ4v) is 5.79. The second-order valence-corrected chi connectivity index (χ2v) is 10.4. The fourth-order valence-electron chi connectivity index (χ4n) is 5.45. The van der Waals surface area contributed by atoms with E-state index in [4.69, 9.17) is 26.7 Å². The third-order valence-electron chi connectivity index (χ3n) is 7.50. The molecule has 1 aliphatic rings. The van der Waals surface area contributed by atoms with E-state index in [-0.39, 0.29) is 12.1 Å². The molecule has 0 unspecified atom stereocenters. The summed E-state index contributed by atoms with van der Waals surface area (Å²) >= 11 is 5.95. The lowest BCUT2D eigenvalue weighted by atomic mass is 9.96. The third kappa shape index (κ3) is 5.38. The lowest BCUT2D eigenvalue weighted by Crippen LogP contribution is -2.29. The molecule has 7 nitrogen and oxygen atoms in total. The number of aromatic nitrogens is 3. The van der Waals surface area contributed by atoms with Crippen molar-refractivity contribution < 1.29 is 9.47 Å². The molecular weight excluding hydrogens is 530 g/mol. The number of aryl methyl sites for hydroxylation is 1. The summed E-state index contributed by atoms with van der Waals surface area (Å²) in [6.07, 6.45) is 5.55. The van der Waals surface area contributed by atoms with E-state index in [2.05, 4.69) is 63.9 Å². The van der Waals surface area contributed by atoms with Gasteiger partial charge in [-0.05, 0) is 110 Å². The topological polar surface area (TPSA) is 64.4 Å². The second kappa shape index (κ2) is 11.4. The molecule has 0 bridgehead atoms. The van der Waals surface area contributed by atoms with Crippen LogP contribution in [-0.2, 0) is 6.54 Å². The van der Waals surface area contributed by atoms with E-state index in [9.17, 15) is 0 Å². The lowest BCUT2D eigenvalue weighted by Gasteiger charge is -2.28. The second-order valence-electron chi connectivity index (χ2n) is 10.0. The van der Waals surface area contributed by atoms with Crippen molar-refractivity contribution >= 4 is 23.0 Å². The van der Waals surface area contributed by atoms with Crippen molar-refractivity contribution in [3.63, 3.8) is 0 Å². The molecule has 0 saturated carbocycles. The van der Waals surface area contributed by atoms with E-state index in [0.29, 0.717) is 5.11 Å². The van der Waals surface area contributed by atoms with E-state index in [1.807, 2.05) is 67.0 Å². The summed E-state index contributed by atoms with van der Waals surface area (Å²) < 4.78 is 13.7. The Morgan fingerprint density at radius 3 is 2.27 bits per heavy atom.